The average molecular weight is 308 g/mol. The van der Waals surface area contributed by atoms with E-state index in [1.165, 1.54) is 13.8 Å². The number of likely N-dealkylation sites (N-methyl/N-ethyl adjacent to an activating group) is 1. The number of carbonyl (C=O) groups is 3. The SMILES string of the molecule is CC(=O)C(C[C@]1(C)C(=O)N(C)c2ccc(Cl)cc21)C(C)=O. The summed E-state index contributed by atoms with van der Waals surface area (Å²) in [5.74, 6) is -1.31. The van der Waals surface area contributed by atoms with E-state index in [0.29, 0.717) is 5.02 Å². The molecule has 1 heterocycles. The molecule has 0 spiro atoms. The van der Waals surface area contributed by atoms with Gasteiger partial charge in [0.2, 0.25) is 5.91 Å². The molecule has 0 radical (unpaired) electrons. The van der Waals surface area contributed by atoms with Crippen LogP contribution in [0.5, 0.6) is 0 Å². The molecule has 1 aromatic carbocycles. The van der Waals surface area contributed by atoms with Gasteiger partial charge in [0, 0.05) is 17.8 Å². The molecule has 2 rings (SSSR count). The van der Waals surface area contributed by atoms with Crippen LogP contribution in [-0.4, -0.2) is 24.5 Å². The van der Waals surface area contributed by atoms with Gasteiger partial charge in [-0.1, -0.05) is 11.6 Å². The number of fused-ring (bicyclic) bond motifs is 1. The number of carbonyl (C=O) groups excluding carboxylic acids is 3. The molecule has 0 unspecified atom stereocenters. The number of hydrogen-bond donors (Lipinski definition) is 0. The molecule has 0 aliphatic carbocycles. The van der Waals surface area contributed by atoms with Gasteiger partial charge in [0.15, 0.2) is 0 Å². The zero-order valence-electron chi connectivity index (χ0n) is 12.6. The molecule has 0 fully saturated rings. The highest BCUT2D eigenvalue weighted by atomic mass is 35.5. The first-order valence-corrected chi connectivity index (χ1v) is 7.15. The smallest absolute Gasteiger partial charge is 0.237 e. The summed E-state index contributed by atoms with van der Waals surface area (Å²) in [6, 6.07) is 5.26. The summed E-state index contributed by atoms with van der Waals surface area (Å²) in [6.07, 6.45) is 0.175. The fourth-order valence-corrected chi connectivity index (χ4v) is 3.19. The summed E-state index contributed by atoms with van der Waals surface area (Å²) in [4.78, 5) is 37.6. The van der Waals surface area contributed by atoms with Gasteiger partial charge in [-0.15, -0.1) is 0 Å². The van der Waals surface area contributed by atoms with Crippen LogP contribution >= 0.6 is 11.6 Å². The van der Waals surface area contributed by atoms with Crippen molar-refractivity contribution in [1.29, 1.82) is 0 Å². The van der Waals surface area contributed by atoms with Crippen molar-refractivity contribution in [2.75, 3.05) is 11.9 Å². The third-order valence-corrected chi connectivity index (χ3v) is 4.52. The van der Waals surface area contributed by atoms with E-state index in [1.54, 1.807) is 37.1 Å². The minimum atomic E-state index is -0.906. The number of anilines is 1. The quantitative estimate of drug-likeness (QED) is 0.804. The van der Waals surface area contributed by atoms with Crippen LogP contribution in [0, 0.1) is 5.92 Å². The van der Waals surface area contributed by atoms with Crippen molar-refractivity contribution in [2.45, 2.75) is 32.6 Å². The Balaban J connectivity index is 2.52. The van der Waals surface area contributed by atoms with Gasteiger partial charge in [0.05, 0.1) is 11.3 Å². The zero-order valence-corrected chi connectivity index (χ0v) is 13.3. The Bertz CT molecular complexity index is 626. The highest BCUT2D eigenvalue weighted by Gasteiger charge is 2.48. The van der Waals surface area contributed by atoms with Crippen LogP contribution in [0.4, 0.5) is 5.69 Å². The van der Waals surface area contributed by atoms with Crippen LogP contribution in [0.2, 0.25) is 5.02 Å². The Morgan fingerprint density at radius 3 is 2.38 bits per heavy atom. The molecular formula is C16H18ClNO3. The molecule has 1 atom stereocenters. The Hall–Kier alpha value is -1.68. The maximum absolute atomic E-state index is 12.6. The zero-order chi connectivity index (χ0) is 15.9. The van der Waals surface area contributed by atoms with Crippen molar-refractivity contribution in [3.05, 3.63) is 28.8 Å². The van der Waals surface area contributed by atoms with E-state index in [-0.39, 0.29) is 23.9 Å². The minimum absolute atomic E-state index is 0.118. The standard InChI is InChI=1S/C16H18ClNO3/c1-9(19)12(10(2)20)8-16(3)13-7-11(17)5-6-14(13)18(4)15(16)21/h5-7,12H,8H2,1-4H3/t16-/m0/s1. The first-order chi connectivity index (χ1) is 9.68. The molecule has 0 saturated heterocycles. The number of nitrogens with zero attached hydrogens (tertiary/aromatic N) is 1. The number of rotatable bonds is 4. The van der Waals surface area contributed by atoms with Gasteiger partial charge in [0.25, 0.3) is 0 Å². The molecule has 0 N–H and O–H groups in total. The van der Waals surface area contributed by atoms with Crippen LogP contribution < -0.4 is 4.90 Å². The van der Waals surface area contributed by atoms with Crippen molar-refractivity contribution >= 4 is 34.8 Å². The first kappa shape index (κ1) is 15.7. The highest BCUT2D eigenvalue weighted by molar-refractivity contribution is 6.31. The van der Waals surface area contributed by atoms with Gasteiger partial charge in [-0.05, 0) is 51.0 Å². The van der Waals surface area contributed by atoms with Gasteiger partial charge in [-0.3, -0.25) is 14.4 Å². The van der Waals surface area contributed by atoms with Crippen molar-refractivity contribution in [1.82, 2.24) is 0 Å². The van der Waals surface area contributed by atoms with Gasteiger partial charge in [0.1, 0.15) is 11.6 Å². The Labute approximate surface area is 129 Å². The third kappa shape index (κ3) is 2.48. The highest BCUT2D eigenvalue weighted by Crippen LogP contribution is 2.45. The molecular weight excluding hydrogens is 290 g/mol. The summed E-state index contributed by atoms with van der Waals surface area (Å²) in [6.45, 7) is 4.54. The van der Waals surface area contributed by atoms with E-state index < -0.39 is 11.3 Å². The van der Waals surface area contributed by atoms with E-state index in [9.17, 15) is 14.4 Å². The second-order valence-corrected chi connectivity index (χ2v) is 6.27. The van der Waals surface area contributed by atoms with Crippen LogP contribution in [0.3, 0.4) is 0 Å². The number of benzene rings is 1. The molecule has 5 heteroatoms. The maximum atomic E-state index is 12.6. The largest absolute Gasteiger partial charge is 0.314 e. The average Bonchev–Trinajstić information content (AvgIpc) is 2.58. The van der Waals surface area contributed by atoms with Gasteiger partial charge < -0.3 is 4.90 Å². The topological polar surface area (TPSA) is 54.5 Å². The second kappa shape index (κ2) is 5.26. The fraction of sp³-hybridized carbons (Fsp3) is 0.438. The summed E-state index contributed by atoms with van der Waals surface area (Å²) < 4.78 is 0. The predicted molar refractivity (Wildman–Crippen MR) is 81.7 cm³/mol. The van der Waals surface area contributed by atoms with Gasteiger partial charge >= 0.3 is 0 Å². The normalized spacial score (nSPS) is 20.9. The van der Waals surface area contributed by atoms with E-state index >= 15 is 0 Å². The summed E-state index contributed by atoms with van der Waals surface area (Å²) in [7, 11) is 1.69. The fourth-order valence-electron chi connectivity index (χ4n) is 3.02. The van der Waals surface area contributed by atoms with Crippen LogP contribution in [0.25, 0.3) is 0 Å². The van der Waals surface area contributed by atoms with E-state index in [4.69, 9.17) is 11.6 Å². The predicted octanol–water partition coefficient (Wildman–Crippen LogP) is 2.76. The minimum Gasteiger partial charge on any atom is -0.314 e. The van der Waals surface area contributed by atoms with Crippen molar-refractivity contribution in [3.8, 4) is 0 Å². The number of halogens is 1. The molecule has 0 saturated carbocycles. The molecule has 1 aromatic rings. The Morgan fingerprint density at radius 2 is 1.86 bits per heavy atom. The number of amides is 1. The lowest BCUT2D eigenvalue weighted by Gasteiger charge is -2.26. The Morgan fingerprint density at radius 1 is 1.29 bits per heavy atom. The first-order valence-electron chi connectivity index (χ1n) is 6.77. The van der Waals surface area contributed by atoms with E-state index in [1.807, 2.05) is 0 Å². The molecule has 0 aromatic heterocycles. The molecule has 1 aliphatic heterocycles. The summed E-state index contributed by atoms with van der Waals surface area (Å²) in [5.41, 5.74) is 0.643. The van der Waals surface area contributed by atoms with Crippen LogP contribution in [0.1, 0.15) is 32.8 Å². The van der Waals surface area contributed by atoms with Gasteiger partial charge in [-0.25, -0.2) is 0 Å². The number of ketones is 2. The number of Topliss-reactive ketones (excluding diaryl/α,β-unsaturated/α-hetero) is 2. The molecule has 0 bridgehead atoms. The van der Waals surface area contributed by atoms with Crippen molar-refractivity contribution in [3.63, 3.8) is 0 Å². The van der Waals surface area contributed by atoms with E-state index in [0.717, 1.165) is 11.3 Å². The molecule has 112 valence electrons. The monoisotopic (exact) mass is 307 g/mol. The summed E-state index contributed by atoms with van der Waals surface area (Å²) >= 11 is 6.04. The second-order valence-electron chi connectivity index (χ2n) is 5.84. The molecule has 1 amide bonds. The molecule has 21 heavy (non-hydrogen) atoms. The lowest BCUT2D eigenvalue weighted by molar-refractivity contribution is -0.132. The lowest BCUT2D eigenvalue weighted by Crippen LogP contribution is -2.40. The van der Waals surface area contributed by atoms with Crippen LogP contribution in [0.15, 0.2) is 18.2 Å². The lowest BCUT2D eigenvalue weighted by atomic mass is 9.74. The number of hydrogen-bond acceptors (Lipinski definition) is 3. The third-order valence-electron chi connectivity index (χ3n) is 4.28. The van der Waals surface area contributed by atoms with Crippen molar-refractivity contribution in [2.24, 2.45) is 5.92 Å². The molecule has 4 nitrogen and oxygen atoms in total. The van der Waals surface area contributed by atoms with Crippen molar-refractivity contribution < 1.29 is 14.4 Å². The summed E-state index contributed by atoms with van der Waals surface area (Å²) in [5, 5.41) is 0.533. The van der Waals surface area contributed by atoms with Gasteiger partial charge in [-0.2, -0.15) is 0 Å². The maximum Gasteiger partial charge on any atom is 0.237 e. The van der Waals surface area contributed by atoms with E-state index in [2.05, 4.69) is 0 Å². The Kier molecular flexibility index (Phi) is 3.93. The molecule has 1 aliphatic rings. The van der Waals surface area contributed by atoms with Crippen LogP contribution in [-0.2, 0) is 19.8 Å².